The van der Waals surface area contributed by atoms with Crippen LogP contribution in [0, 0.1) is 5.92 Å². The zero-order valence-corrected chi connectivity index (χ0v) is 11.9. The molecular weight excluding hydrogens is 248 g/mol. The highest BCUT2D eigenvalue weighted by atomic mass is 32.2. The molecule has 4 nitrogen and oxygen atoms in total. The lowest BCUT2D eigenvalue weighted by atomic mass is 9.91. The van der Waals surface area contributed by atoms with Gasteiger partial charge >= 0.3 is 0 Å². The van der Waals surface area contributed by atoms with Gasteiger partial charge in [0.05, 0.1) is 4.91 Å². The van der Waals surface area contributed by atoms with Gasteiger partial charge in [0.15, 0.2) is 9.84 Å². The number of hydrogen-bond donors (Lipinski definition) is 2. The second kappa shape index (κ2) is 5.45. The summed E-state index contributed by atoms with van der Waals surface area (Å²) in [6.45, 7) is 4.71. The van der Waals surface area contributed by atoms with Crippen LogP contribution in [0.5, 0.6) is 0 Å². The van der Waals surface area contributed by atoms with Gasteiger partial charge in [-0.2, -0.15) is 0 Å². The molecule has 1 saturated heterocycles. The largest absolute Gasteiger partial charge is 0.384 e. The summed E-state index contributed by atoms with van der Waals surface area (Å²) >= 11 is 0. The molecule has 0 radical (unpaired) electrons. The van der Waals surface area contributed by atoms with Crippen molar-refractivity contribution in [3.63, 3.8) is 0 Å². The first-order valence-corrected chi connectivity index (χ1v) is 8.51. The second-order valence-corrected chi connectivity index (χ2v) is 6.96. The molecule has 0 unspecified atom stereocenters. The van der Waals surface area contributed by atoms with Gasteiger partial charge in [-0.05, 0) is 37.9 Å². The molecule has 102 valence electrons. The molecule has 0 atom stereocenters. The maximum absolute atomic E-state index is 12.1. The number of rotatable bonds is 3. The second-order valence-electron chi connectivity index (χ2n) is 5.00. The predicted octanol–water partition coefficient (Wildman–Crippen LogP) is 1.18. The lowest BCUT2D eigenvalue weighted by molar-refractivity contribution is 0.402. The topological polar surface area (TPSA) is 58.2 Å². The van der Waals surface area contributed by atoms with Crippen LogP contribution >= 0.6 is 0 Å². The predicted molar refractivity (Wildman–Crippen MR) is 73.8 cm³/mol. The van der Waals surface area contributed by atoms with E-state index in [0.29, 0.717) is 10.8 Å². The number of piperidine rings is 1. The minimum Gasteiger partial charge on any atom is -0.384 e. The first-order chi connectivity index (χ1) is 8.54. The molecule has 0 aromatic rings. The molecule has 1 fully saturated rings. The molecule has 2 N–H and O–H groups in total. The zero-order chi connectivity index (χ0) is 13.2. The first-order valence-electron chi connectivity index (χ1n) is 6.62. The van der Waals surface area contributed by atoms with Crippen LogP contribution in [-0.2, 0) is 9.84 Å². The number of sulfone groups is 1. The minimum absolute atomic E-state index is 0.353. The highest BCUT2D eigenvalue weighted by Crippen LogP contribution is 2.31. The van der Waals surface area contributed by atoms with Crippen LogP contribution in [-0.4, -0.2) is 34.3 Å². The summed E-state index contributed by atoms with van der Waals surface area (Å²) in [5.41, 5.74) is 1.93. The highest BCUT2D eigenvalue weighted by molar-refractivity contribution is 7.94. The van der Waals surface area contributed by atoms with Gasteiger partial charge in [-0.1, -0.05) is 13.0 Å². The smallest absolute Gasteiger partial charge is 0.177 e. The molecule has 0 aliphatic carbocycles. The van der Waals surface area contributed by atoms with Crippen LogP contribution in [0.15, 0.2) is 22.3 Å². The SMILES string of the molecule is CCC1=CCNC(C2CCNCC2)=C1S(C)(=O)=O. The van der Waals surface area contributed by atoms with Crippen LogP contribution in [0.25, 0.3) is 0 Å². The van der Waals surface area contributed by atoms with Crippen molar-refractivity contribution in [3.8, 4) is 0 Å². The Morgan fingerprint density at radius 3 is 2.56 bits per heavy atom. The standard InChI is InChI=1S/C13H22N2O2S/c1-3-10-6-9-15-12(13(10)18(2,16)17)11-4-7-14-8-5-11/h6,11,14-15H,3-5,7-9H2,1-2H3. The van der Waals surface area contributed by atoms with Gasteiger partial charge in [0.2, 0.25) is 0 Å². The zero-order valence-electron chi connectivity index (χ0n) is 11.1. The molecule has 0 spiro atoms. The molecule has 0 saturated carbocycles. The molecule has 0 aromatic heterocycles. The lowest BCUT2D eigenvalue weighted by Crippen LogP contribution is -2.35. The molecule has 0 aromatic carbocycles. The average Bonchev–Trinajstić information content (AvgIpc) is 2.38. The van der Waals surface area contributed by atoms with Crippen molar-refractivity contribution in [3.05, 3.63) is 22.3 Å². The van der Waals surface area contributed by atoms with Crippen molar-refractivity contribution in [2.24, 2.45) is 5.92 Å². The highest BCUT2D eigenvalue weighted by Gasteiger charge is 2.28. The van der Waals surface area contributed by atoms with E-state index >= 15 is 0 Å². The van der Waals surface area contributed by atoms with E-state index in [1.165, 1.54) is 6.26 Å². The van der Waals surface area contributed by atoms with Crippen molar-refractivity contribution in [2.75, 3.05) is 25.9 Å². The van der Waals surface area contributed by atoms with Crippen molar-refractivity contribution in [2.45, 2.75) is 26.2 Å². The number of allylic oxidation sites excluding steroid dienone is 2. The Bertz CT molecular complexity index is 471. The monoisotopic (exact) mass is 270 g/mol. The van der Waals surface area contributed by atoms with E-state index in [9.17, 15) is 8.42 Å². The number of hydrogen-bond acceptors (Lipinski definition) is 4. The van der Waals surface area contributed by atoms with Crippen LogP contribution in [0.4, 0.5) is 0 Å². The first kappa shape index (κ1) is 13.6. The quantitative estimate of drug-likeness (QED) is 0.808. The summed E-state index contributed by atoms with van der Waals surface area (Å²) in [4.78, 5) is 0.558. The lowest BCUT2D eigenvalue weighted by Gasteiger charge is -2.30. The van der Waals surface area contributed by atoms with E-state index in [1.54, 1.807) is 0 Å². The Morgan fingerprint density at radius 2 is 2.00 bits per heavy atom. The van der Waals surface area contributed by atoms with Gasteiger partial charge in [-0.15, -0.1) is 0 Å². The van der Waals surface area contributed by atoms with Gasteiger partial charge in [0, 0.05) is 24.4 Å². The third-order valence-electron chi connectivity index (χ3n) is 3.68. The molecule has 0 amide bonds. The van der Waals surface area contributed by atoms with Crippen molar-refractivity contribution in [1.82, 2.24) is 10.6 Å². The fourth-order valence-electron chi connectivity index (χ4n) is 2.81. The molecule has 2 heterocycles. The van der Waals surface area contributed by atoms with Gasteiger partial charge in [-0.3, -0.25) is 0 Å². The molecule has 18 heavy (non-hydrogen) atoms. The third kappa shape index (κ3) is 2.78. The Hall–Kier alpha value is -0.810. The molecule has 0 bridgehead atoms. The summed E-state index contributed by atoms with van der Waals surface area (Å²) < 4.78 is 24.1. The van der Waals surface area contributed by atoms with Gasteiger partial charge in [0.25, 0.3) is 0 Å². The Balaban J connectivity index is 2.43. The number of dihydropyridines is 1. The summed E-state index contributed by atoms with van der Waals surface area (Å²) in [5.74, 6) is 0.353. The van der Waals surface area contributed by atoms with Gasteiger partial charge in [0.1, 0.15) is 0 Å². The fraction of sp³-hybridized carbons (Fsp3) is 0.692. The van der Waals surface area contributed by atoms with E-state index in [-0.39, 0.29) is 0 Å². The summed E-state index contributed by atoms with van der Waals surface area (Å²) in [7, 11) is -3.16. The Kier molecular flexibility index (Phi) is 4.12. The maximum Gasteiger partial charge on any atom is 0.177 e. The van der Waals surface area contributed by atoms with E-state index in [2.05, 4.69) is 10.6 Å². The third-order valence-corrected chi connectivity index (χ3v) is 4.90. The molecule has 2 rings (SSSR count). The summed E-state index contributed by atoms with van der Waals surface area (Å²) in [6, 6.07) is 0. The number of nitrogens with one attached hydrogen (secondary N) is 2. The van der Waals surface area contributed by atoms with E-state index in [0.717, 1.165) is 50.2 Å². The van der Waals surface area contributed by atoms with E-state index in [1.807, 2.05) is 13.0 Å². The van der Waals surface area contributed by atoms with Crippen molar-refractivity contribution in [1.29, 1.82) is 0 Å². The van der Waals surface area contributed by atoms with Crippen LogP contribution in [0.3, 0.4) is 0 Å². The normalized spacial score (nSPS) is 22.7. The maximum atomic E-state index is 12.1. The molecule has 5 heteroatoms. The molecule has 2 aliphatic rings. The Morgan fingerprint density at radius 1 is 1.33 bits per heavy atom. The minimum atomic E-state index is -3.16. The fourth-order valence-corrected chi connectivity index (χ4v) is 4.16. The molecule has 2 aliphatic heterocycles. The van der Waals surface area contributed by atoms with Crippen LogP contribution in [0.2, 0.25) is 0 Å². The Labute approximate surface area is 109 Å². The van der Waals surface area contributed by atoms with E-state index in [4.69, 9.17) is 0 Å². The summed E-state index contributed by atoms with van der Waals surface area (Å²) in [5, 5.41) is 6.62. The van der Waals surface area contributed by atoms with E-state index < -0.39 is 9.84 Å². The molecular formula is C13H22N2O2S. The van der Waals surface area contributed by atoms with Crippen LogP contribution in [0.1, 0.15) is 26.2 Å². The van der Waals surface area contributed by atoms with Crippen LogP contribution < -0.4 is 10.6 Å². The van der Waals surface area contributed by atoms with Gasteiger partial charge in [-0.25, -0.2) is 8.42 Å². The van der Waals surface area contributed by atoms with Gasteiger partial charge < -0.3 is 10.6 Å². The average molecular weight is 270 g/mol. The van der Waals surface area contributed by atoms with Crippen molar-refractivity contribution < 1.29 is 8.42 Å². The summed E-state index contributed by atoms with van der Waals surface area (Å²) in [6.07, 6.45) is 6.12. The van der Waals surface area contributed by atoms with Crippen molar-refractivity contribution >= 4 is 9.84 Å².